The van der Waals surface area contributed by atoms with E-state index in [1.807, 2.05) is 35.2 Å². The Balaban J connectivity index is 1.77. The first-order valence-corrected chi connectivity index (χ1v) is 7.33. The third-order valence-corrected chi connectivity index (χ3v) is 3.93. The Bertz CT molecular complexity index is 425. The van der Waals surface area contributed by atoms with E-state index in [4.69, 9.17) is 4.74 Å². The Labute approximate surface area is 121 Å². The van der Waals surface area contributed by atoms with Gasteiger partial charge in [0.25, 0.3) is 0 Å². The fourth-order valence-corrected chi connectivity index (χ4v) is 2.60. The van der Waals surface area contributed by atoms with E-state index in [1.165, 1.54) is 0 Å². The average molecular weight is 276 g/mol. The highest BCUT2D eigenvalue weighted by molar-refractivity contribution is 5.67. The molecule has 1 heterocycles. The molecule has 2 rings (SSSR count). The van der Waals surface area contributed by atoms with Crippen molar-refractivity contribution in [2.24, 2.45) is 0 Å². The molecule has 20 heavy (non-hydrogen) atoms. The second-order valence-electron chi connectivity index (χ2n) is 5.62. The van der Waals surface area contributed by atoms with Gasteiger partial charge in [0, 0.05) is 18.6 Å². The third-order valence-electron chi connectivity index (χ3n) is 3.93. The molecule has 1 aromatic carbocycles. The SMILES string of the molecule is CCNC1(C)CCN(C(=O)OCc2ccccc2)CC1. The van der Waals surface area contributed by atoms with E-state index in [-0.39, 0.29) is 11.6 Å². The maximum atomic E-state index is 12.0. The zero-order chi connectivity index (χ0) is 14.4. The number of rotatable bonds is 4. The van der Waals surface area contributed by atoms with E-state index in [2.05, 4.69) is 19.2 Å². The highest BCUT2D eigenvalue weighted by atomic mass is 16.6. The van der Waals surface area contributed by atoms with Gasteiger partial charge in [-0.05, 0) is 31.9 Å². The van der Waals surface area contributed by atoms with Crippen LogP contribution in [0.2, 0.25) is 0 Å². The summed E-state index contributed by atoms with van der Waals surface area (Å²) in [6.45, 7) is 7.18. The lowest BCUT2D eigenvalue weighted by atomic mass is 9.90. The van der Waals surface area contributed by atoms with Crippen molar-refractivity contribution in [2.75, 3.05) is 19.6 Å². The molecule has 1 fully saturated rings. The molecule has 4 heteroatoms. The van der Waals surface area contributed by atoms with Gasteiger partial charge in [0.1, 0.15) is 6.61 Å². The Morgan fingerprint density at radius 3 is 2.55 bits per heavy atom. The molecule has 1 N–H and O–H groups in total. The van der Waals surface area contributed by atoms with Crippen molar-refractivity contribution in [3.05, 3.63) is 35.9 Å². The van der Waals surface area contributed by atoms with E-state index >= 15 is 0 Å². The number of likely N-dealkylation sites (tertiary alicyclic amines) is 1. The van der Waals surface area contributed by atoms with Gasteiger partial charge in [0.15, 0.2) is 0 Å². The van der Waals surface area contributed by atoms with Crippen LogP contribution in [0, 0.1) is 0 Å². The van der Waals surface area contributed by atoms with Gasteiger partial charge in [-0.15, -0.1) is 0 Å². The highest BCUT2D eigenvalue weighted by Crippen LogP contribution is 2.22. The molecule has 0 atom stereocenters. The van der Waals surface area contributed by atoms with Crippen LogP contribution in [0.5, 0.6) is 0 Å². The molecule has 110 valence electrons. The predicted octanol–water partition coefficient (Wildman–Crippen LogP) is 2.79. The van der Waals surface area contributed by atoms with Crippen LogP contribution in [0.15, 0.2) is 30.3 Å². The first-order chi connectivity index (χ1) is 9.63. The standard InChI is InChI=1S/C16H24N2O2/c1-3-17-16(2)9-11-18(12-10-16)15(19)20-13-14-7-5-4-6-8-14/h4-8,17H,3,9-13H2,1-2H3. The van der Waals surface area contributed by atoms with Gasteiger partial charge in [-0.25, -0.2) is 4.79 Å². The van der Waals surface area contributed by atoms with Gasteiger partial charge in [-0.2, -0.15) is 0 Å². The van der Waals surface area contributed by atoms with Gasteiger partial charge < -0.3 is 15.0 Å². The molecule has 0 bridgehead atoms. The summed E-state index contributed by atoms with van der Waals surface area (Å²) in [6, 6.07) is 9.78. The Morgan fingerprint density at radius 2 is 1.95 bits per heavy atom. The Morgan fingerprint density at radius 1 is 1.30 bits per heavy atom. The minimum absolute atomic E-state index is 0.158. The number of carbonyl (C=O) groups is 1. The third kappa shape index (κ3) is 3.97. The lowest BCUT2D eigenvalue weighted by Gasteiger charge is -2.39. The van der Waals surface area contributed by atoms with E-state index in [9.17, 15) is 4.79 Å². The quantitative estimate of drug-likeness (QED) is 0.919. The zero-order valence-corrected chi connectivity index (χ0v) is 12.4. The number of amides is 1. The van der Waals surface area contributed by atoms with Gasteiger partial charge in [-0.1, -0.05) is 37.3 Å². The van der Waals surface area contributed by atoms with Crippen LogP contribution >= 0.6 is 0 Å². The minimum atomic E-state index is -0.201. The molecule has 1 aliphatic rings. The van der Waals surface area contributed by atoms with Crippen molar-refractivity contribution in [3.8, 4) is 0 Å². The second-order valence-corrected chi connectivity index (χ2v) is 5.62. The molecule has 1 aromatic rings. The summed E-state index contributed by atoms with van der Waals surface area (Å²) < 4.78 is 5.36. The van der Waals surface area contributed by atoms with Crippen LogP contribution in [0.25, 0.3) is 0 Å². The summed E-state index contributed by atoms with van der Waals surface area (Å²) in [5.41, 5.74) is 1.18. The fourth-order valence-electron chi connectivity index (χ4n) is 2.60. The average Bonchev–Trinajstić information content (AvgIpc) is 2.47. The Hall–Kier alpha value is -1.55. The summed E-state index contributed by atoms with van der Waals surface area (Å²) >= 11 is 0. The monoisotopic (exact) mass is 276 g/mol. The number of benzene rings is 1. The van der Waals surface area contributed by atoms with Gasteiger partial charge in [0.05, 0.1) is 0 Å². The van der Waals surface area contributed by atoms with E-state index in [0.717, 1.165) is 38.0 Å². The van der Waals surface area contributed by atoms with Gasteiger partial charge >= 0.3 is 6.09 Å². The lowest BCUT2D eigenvalue weighted by molar-refractivity contribution is 0.0755. The van der Waals surface area contributed by atoms with Crippen molar-refractivity contribution < 1.29 is 9.53 Å². The topological polar surface area (TPSA) is 41.6 Å². The number of hydrogen-bond acceptors (Lipinski definition) is 3. The number of nitrogens with one attached hydrogen (secondary N) is 1. The van der Waals surface area contributed by atoms with E-state index in [0.29, 0.717) is 6.61 Å². The van der Waals surface area contributed by atoms with Crippen LogP contribution in [0.4, 0.5) is 4.79 Å². The molecular formula is C16H24N2O2. The highest BCUT2D eigenvalue weighted by Gasteiger charge is 2.31. The van der Waals surface area contributed by atoms with Crippen LogP contribution in [-0.2, 0) is 11.3 Å². The first-order valence-electron chi connectivity index (χ1n) is 7.33. The maximum absolute atomic E-state index is 12.0. The lowest BCUT2D eigenvalue weighted by Crippen LogP contribution is -2.52. The molecule has 0 radical (unpaired) electrons. The van der Waals surface area contributed by atoms with E-state index in [1.54, 1.807) is 0 Å². The number of hydrogen-bond donors (Lipinski definition) is 1. The number of nitrogens with zero attached hydrogens (tertiary/aromatic N) is 1. The molecule has 1 aliphatic heterocycles. The summed E-state index contributed by atoms with van der Waals surface area (Å²) in [4.78, 5) is 13.8. The van der Waals surface area contributed by atoms with Crippen LogP contribution in [-0.4, -0.2) is 36.2 Å². The maximum Gasteiger partial charge on any atom is 0.410 e. The number of piperidine rings is 1. The van der Waals surface area contributed by atoms with Crippen molar-refractivity contribution in [2.45, 2.75) is 38.8 Å². The summed E-state index contributed by atoms with van der Waals surface area (Å²) in [6.07, 6.45) is 1.75. The summed E-state index contributed by atoms with van der Waals surface area (Å²) in [7, 11) is 0. The summed E-state index contributed by atoms with van der Waals surface area (Å²) in [5, 5.41) is 3.50. The van der Waals surface area contributed by atoms with E-state index < -0.39 is 0 Å². The zero-order valence-electron chi connectivity index (χ0n) is 12.4. The van der Waals surface area contributed by atoms with Crippen LogP contribution in [0.3, 0.4) is 0 Å². The molecule has 1 saturated heterocycles. The molecule has 0 aliphatic carbocycles. The Kier molecular flexibility index (Phi) is 5.01. The smallest absolute Gasteiger partial charge is 0.410 e. The number of carbonyl (C=O) groups excluding carboxylic acids is 1. The van der Waals surface area contributed by atoms with Gasteiger partial charge in [-0.3, -0.25) is 0 Å². The molecule has 0 saturated carbocycles. The van der Waals surface area contributed by atoms with Crippen molar-refractivity contribution >= 4 is 6.09 Å². The predicted molar refractivity (Wildman–Crippen MR) is 79.5 cm³/mol. The van der Waals surface area contributed by atoms with Crippen molar-refractivity contribution in [1.82, 2.24) is 10.2 Å². The van der Waals surface area contributed by atoms with Crippen molar-refractivity contribution in [1.29, 1.82) is 0 Å². The summed E-state index contributed by atoms with van der Waals surface area (Å²) in [5.74, 6) is 0. The second kappa shape index (κ2) is 6.75. The molecule has 0 unspecified atom stereocenters. The number of ether oxygens (including phenoxy) is 1. The largest absolute Gasteiger partial charge is 0.445 e. The molecule has 4 nitrogen and oxygen atoms in total. The van der Waals surface area contributed by atoms with Crippen LogP contribution < -0.4 is 5.32 Å². The molecule has 0 aromatic heterocycles. The van der Waals surface area contributed by atoms with Crippen LogP contribution in [0.1, 0.15) is 32.3 Å². The van der Waals surface area contributed by atoms with Crippen molar-refractivity contribution in [3.63, 3.8) is 0 Å². The molecule has 1 amide bonds. The first kappa shape index (κ1) is 14.9. The normalized spacial score (nSPS) is 17.8. The fraction of sp³-hybridized carbons (Fsp3) is 0.562. The minimum Gasteiger partial charge on any atom is -0.445 e. The van der Waals surface area contributed by atoms with Gasteiger partial charge in [0.2, 0.25) is 0 Å². The molecule has 0 spiro atoms. The molecular weight excluding hydrogens is 252 g/mol.